The first kappa shape index (κ1) is 20.8. The van der Waals surface area contributed by atoms with Gasteiger partial charge in [0.1, 0.15) is 0 Å². The van der Waals surface area contributed by atoms with E-state index in [1.807, 2.05) is 48.4 Å². The third kappa shape index (κ3) is 4.44. The van der Waals surface area contributed by atoms with Crippen LogP contribution in [0.15, 0.2) is 36.4 Å². The molecule has 0 aromatic heterocycles. The minimum Gasteiger partial charge on any atom is -0.345 e. The van der Waals surface area contributed by atoms with E-state index >= 15 is 0 Å². The summed E-state index contributed by atoms with van der Waals surface area (Å²) in [6, 6.07) is 9.91. The Labute approximate surface area is 186 Å². The molecule has 6 rings (SSSR count). The van der Waals surface area contributed by atoms with Crippen LogP contribution in [-0.2, 0) is 9.59 Å². The lowest BCUT2D eigenvalue weighted by Crippen LogP contribution is -2.52. The van der Waals surface area contributed by atoms with Crippen LogP contribution in [0.25, 0.3) is 6.08 Å². The summed E-state index contributed by atoms with van der Waals surface area (Å²) in [6.07, 6.45) is 13.5. The van der Waals surface area contributed by atoms with Crippen LogP contribution in [0.4, 0.5) is 0 Å². The zero-order valence-corrected chi connectivity index (χ0v) is 18.8. The summed E-state index contributed by atoms with van der Waals surface area (Å²) in [6.45, 7) is 2.31. The second-order valence-electron chi connectivity index (χ2n) is 11.0. The number of carbonyl (C=O) groups excluding carboxylic acids is 2. The van der Waals surface area contributed by atoms with Crippen molar-refractivity contribution in [3.05, 3.63) is 42.0 Å². The van der Waals surface area contributed by atoms with Crippen molar-refractivity contribution in [2.24, 2.45) is 29.1 Å². The second kappa shape index (κ2) is 8.44. The average molecular weight is 421 g/mol. The summed E-state index contributed by atoms with van der Waals surface area (Å²) in [4.78, 5) is 29.7. The topological polar surface area (TPSA) is 40.6 Å². The van der Waals surface area contributed by atoms with Crippen LogP contribution in [-0.4, -0.2) is 48.3 Å². The van der Waals surface area contributed by atoms with Gasteiger partial charge in [0.05, 0.1) is 0 Å². The van der Waals surface area contributed by atoms with Crippen molar-refractivity contribution in [3.63, 3.8) is 0 Å². The van der Waals surface area contributed by atoms with Gasteiger partial charge in [0.2, 0.25) is 11.8 Å². The molecule has 0 spiro atoms. The number of likely N-dealkylation sites (tertiary alicyclic amines) is 1. The smallest absolute Gasteiger partial charge is 0.246 e. The summed E-state index contributed by atoms with van der Waals surface area (Å²) in [7, 11) is 2.03. The Bertz CT molecular complexity index is 803. The van der Waals surface area contributed by atoms with Crippen LogP contribution >= 0.6 is 0 Å². The molecule has 4 heteroatoms. The summed E-state index contributed by atoms with van der Waals surface area (Å²) in [5.41, 5.74) is 1.44. The van der Waals surface area contributed by atoms with Gasteiger partial charge >= 0.3 is 0 Å². The van der Waals surface area contributed by atoms with Gasteiger partial charge in [0, 0.05) is 38.7 Å². The molecule has 1 aromatic carbocycles. The standard InChI is InChI=1S/C27H36N2O2/c1-28(19-27-16-21-13-22(17-27)15-23(14-21)18-27)26(31)24-9-11-29(12-10-24)25(30)8-7-20-5-3-2-4-6-20/h2-8,21-24H,9-19H2,1H3/b8-7-. The number of carbonyl (C=O) groups is 2. The summed E-state index contributed by atoms with van der Waals surface area (Å²) in [5, 5.41) is 0. The van der Waals surface area contributed by atoms with Gasteiger partial charge in [-0.05, 0) is 86.2 Å². The normalized spacial score (nSPS) is 32.5. The first-order valence-corrected chi connectivity index (χ1v) is 12.3. The van der Waals surface area contributed by atoms with Gasteiger partial charge in [-0.25, -0.2) is 0 Å². The highest BCUT2D eigenvalue weighted by Gasteiger charge is 2.51. The SMILES string of the molecule is CN(CC12CC3CC(CC(C3)C1)C2)C(=O)C1CCN(C(=O)/C=C\c2ccccc2)CC1. The van der Waals surface area contributed by atoms with Crippen molar-refractivity contribution in [1.29, 1.82) is 0 Å². The maximum atomic E-state index is 13.2. The molecule has 2 amide bonds. The number of hydrogen-bond donors (Lipinski definition) is 0. The third-order valence-corrected chi connectivity index (χ3v) is 8.49. The molecule has 0 N–H and O–H groups in total. The molecule has 0 atom stereocenters. The van der Waals surface area contributed by atoms with E-state index in [9.17, 15) is 9.59 Å². The van der Waals surface area contributed by atoms with Crippen LogP contribution in [0.2, 0.25) is 0 Å². The quantitative estimate of drug-likeness (QED) is 0.653. The number of benzene rings is 1. The molecule has 4 bridgehead atoms. The molecule has 1 saturated heterocycles. The molecule has 31 heavy (non-hydrogen) atoms. The maximum Gasteiger partial charge on any atom is 0.246 e. The molecular formula is C27H36N2O2. The van der Waals surface area contributed by atoms with E-state index in [1.54, 1.807) is 6.08 Å². The van der Waals surface area contributed by atoms with Crippen molar-refractivity contribution >= 4 is 17.9 Å². The highest BCUT2D eigenvalue weighted by atomic mass is 16.2. The maximum absolute atomic E-state index is 13.2. The first-order valence-electron chi connectivity index (χ1n) is 12.3. The third-order valence-electron chi connectivity index (χ3n) is 8.49. The molecule has 4 saturated carbocycles. The Balaban J connectivity index is 1.12. The van der Waals surface area contributed by atoms with E-state index < -0.39 is 0 Å². The molecule has 4 aliphatic carbocycles. The summed E-state index contributed by atoms with van der Waals surface area (Å²) >= 11 is 0. The first-order chi connectivity index (χ1) is 15.0. The van der Waals surface area contributed by atoms with E-state index in [-0.39, 0.29) is 11.8 Å². The van der Waals surface area contributed by atoms with Crippen molar-refractivity contribution in [1.82, 2.24) is 9.80 Å². The molecule has 1 aromatic rings. The van der Waals surface area contributed by atoms with Gasteiger partial charge in [0.25, 0.3) is 0 Å². The summed E-state index contributed by atoms with van der Waals surface area (Å²) in [5.74, 6) is 3.20. The lowest BCUT2D eigenvalue weighted by atomic mass is 9.49. The largest absolute Gasteiger partial charge is 0.345 e. The Morgan fingerprint density at radius 3 is 2.16 bits per heavy atom. The van der Waals surface area contributed by atoms with Crippen molar-refractivity contribution in [2.45, 2.75) is 51.4 Å². The molecule has 1 heterocycles. The van der Waals surface area contributed by atoms with E-state index in [4.69, 9.17) is 0 Å². The monoisotopic (exact) mass is 420 g/mol. The van der Waals surface area contributed by atoms with E-state index in [0.717, 1.165) is 42.7 Å². The predicted octanol–water partition coefficient (Wildman–Crippen LogP) is 4.61. The zero-order valence-electron chi connectivity index (χ0n) is 18.8. The molecular weight excluding hydrogens is 384 g/mol. The van der Waals surface area contributed by atoms with Crippen LogP contribution in [0.3, 0.4) is 0 Å². The highest BCUT2D eigenvalue weighted by Crippen LogP contribution is 2.60. The fourth-order valence-electron chi connectivity index (χ4n) is 7.56. The number of rotatable bonds is 5. The molecule has 0 unspecified atom stereocenters. The Morgan fingerprint density at radius 2 is 1.58 bits per heavy atom. The fourth-order valence-corrected chi connectivity index (χ4v) is 7.56. The van der Waals surface area contributed by atoms with Gasteiger partial charge < -0.3 is 9.80 Å². The number of amides is 2. The predicted molar refractivity (Wildman–Crippen MR) is 123 cm³/mol. The van der Waals surface area contributed by atoms with E-state index in [1.165, 1.54) is 38.5 Å². The lowest BCUT2D eigenvalue weighted by molar-refractivity contribution is -0.142. The molecule has 1 aliphatic heterocycles. The van der Waals surface area contributed by atoms with E-state index in [2.05, 4.69) is 4.90 Å². The fraction of sp³-hybridized carbons (Fsp3) is 0.630. The van der Waals surface area contributed by atoms with Gasteiger partial charge in [0.15, 0.2) is 0 Å². The average Bonchev–Trinajstić information content (AvgIpc) is 2.76. The van der Waals surface area contributed by atoms with Crippen LogP contribution < -0.4 is 0 Å². The summed E-state index contributed by atoms with van der Waals surface area (Å²) < 4.78 is 0. The molecule has 5 aliphatic rings. The Morgan fingerprint density at radius 1 is 1.00 bits per heavy atom. The Kier molecular flexibility index (Phi) is 5.66. The van der Waals surface area contributed by atoms with Gasteiger partial charge in [-0.2, -0.15) is 0 Å². The molecule has 166 valence electrons. The van der Waals surface area contributed by atoms with Gasteiger partial charge in [-0.15, -0.1) is 0 Å². The van der Waals surface area contributed by atoms with Crippen molar-refractivity contribution < 1.29 is 9.59 Å². The Hall–Kier alpha value is -2.10. The van der Waals surface area contributed by atoms with Crippen LogP contribution in [0.1, 0.15) is 56.9 Å². The zero-order chi connectivity index (χ0) is 21.4. The minimum absolute atomic E-state index is 0.0525. The molecule has 0 radical (unpaired) electrons. The number of nitrogens with zero attached hydrogens (tertiary/aromatic N) is 2. The molecule has 5 fully saturated rings. The second-order valence-corrected chi connectivity index (χ2v) is 11.0. The van der Waals surface area contributed by atoms with Crippen LogP contribution in [0, 0.1) is 29.1 Å². The molecule has 4 nitrogen and oxygen atoms in total. The van der Waals surface area contributed by atoms with E-state index in [0.29, 0.717) is 24.4 Å². The van der Waals surface area contributed by atoms with Crippen molar-refractivity contribution in [2.75, 3.05) is 26.7 Å². The van der Waals surface area contributed by atoms with Crippen molar-refractivity contribution in [3.8, 4) is 0 Å². The number of piperidine rings is 1. The van der Waals surface area contributed by atoms with Gasteiger partial charge in [-0.3, -0.25) is 9.59 Å². The van der Waals surface area contributed by atoms with Gasteiger partial charge in [-0.1, -0.05) is 30.3 Å². The number of hydrogen-bond acceptors (Lipinski definition) is 2. The lowest BCUT2D eigenvalue weighted by Gasteiger charge is -2.57. The minimum atomic E-state index is 0.0525. The van der Waals surface area contributed by atoms with Crippen LogP contribution in [0.5, 0.6) is 0 Å². The highest BCUT2D eigenvalue weighted by molar-refractivity contribution is 5.92.